The summed E-state index contributed by atoms with van der Waals surface area (Å²) in [6, 6.07) is 12.7. The average molecular weight is 470 g/mol. The molecule has 2 aromatic carbocycles. The zero-order valence-electron chi connectivity index (χ0n) is 17.2. The normalized spacial score (nSPS) is 10.7. The quantitative estimate of drug-likeness (QED) is 0.211. The molecule has 4 aromatic rings. The zero-order valence-corrected chi connectivity index (χ0v) is 17.9. The number of nitrogens with zero attached hydrogens (tertiary/aromatic N) is 5. The van der Waals surface area contributed by atoms with Crippen LogP contribution in [0.3, 0.4) is 0 Å². The molecule has 2 aromatic heterocycles. The maximum Gasteiger partial charge on any atom is 0.362 e. The first kappa shape index (κ1) is 22.0. The van der Waals surface area contributed by atoms with Crippen LogP contribution in [0.2, 0.25) is 5.02 Å². The molecule has 0 spiro atoms. The number of esters is 1. The molecule has 0 bridgehead atoms. The predicted molar refractivity (Wildman–Crippen MR) is 115 cm³/mol. The van der Waals surface area contributed by atoms with E-state index in [1.165, 1.54) is 35.1 Å². The summed E-state index contributed by atoms with van der Waals surface area (Å²) in [4.78, 5) is 22.7. The Balaban J connectivity index is 1.57. The second-order valence-corrected chi connectivity index (χ2v) is 6.96. The number of ether oxygens (including phenoxy) is 2. The Morgan fingerprint density at radius 1 is 1.18 bits per heavy atom. The summed E-state index contributed by atoms with van der Waals surface area (Å²) in [6.45, 7) is 1.67. The van der Waals surface area contributed by atoms with E-state index < -0.39 is 10.9 Å². The summed E-state index contributed by atoms with van der Waals surface area (Å²) >= 11 is 6.16. The lowest BCUT2D eigenvalue weighted by Gasteiger charge is -2.03. The van der Waals surface area contributed by atoms with Gasteiger partial charge in [-0.2, -0.15) is 5.10 Å². The van der Waals surface area contributed by atoms with Crippen molar-refractivity contribution in [2.75, 3.05) is 6.61 Å². The molecule has 0 amide bonds. The average Bonchev–Trinajstić information content (AvgIpc) is 3.45. The Bertz CT molecular complexity index is 1300. The van der Waals surface area contributed by atoms with Crippen LogP contribution in [-0.4, -0.2) is 37.5 Å². The standard InChI is InChI=1S/C21H16ClN5O6/c1-2-31-21(28)19-17(11-26(25-19)13-7-9-14(10-8-13)27(29)30)32-12-18-23-24-20(33-18)15-5-3-4-6-16(15)22/h3-11H,2,12H2,1H3. The van der Waals surface area contributed by atoms with E-state index in [1.54, 1.807) is 31.2 Å². The minimum Gasteiger partial charge on any atom is -0.480 e. The van der Waals surface area contributed by atoms with Crippen LogP contribution in [0.15, 0.2) is 59.1 Å². The number of rotatable bonds is 8. The third-order valence-corrected chi connectivity index (χ3v) is 4.73. The van der Waals surface area contributed by atoms with Crippen LogP contribution in [0.1, 0.15) is 23.3 Å². The van der Waals surface area contributed by atoms with Crippen LogP contribution in [0.5, 0.6) is 5.75 Å². The Labute approximate surface area is 191 Å². The van der Waals surface area contributed by atoms with Crippen molar-refractivity contribution < 1.29 is 23.6 Å². The number of aromatic nitrogens is 4. The maximum absolute atomic E-state index is 12.4. The number of nitro groups is 1. The van der Waals surface area contributed by atoms with E-state index in [4.69, 9.17) is 25.5 Å². The lowest BCUT2D eigenvalue weighted by molar-refractivity contribution is -0.384. The molecule has 2 heterocycles. The number of halogens is 1. The van der Waals surface area contributed by atoms with Gasteiger partial charge in [0.2, 0.25) is 11.6 Å². The number of benzene rings is 2. The molecule has 0 aliphatic rings. The maximum atomic E-state index is 12.4. The molecule has 0 unspecified atom stereocenters. The zero-order chi connectivity index (χ0) is 23.4. The molecule has 0 atom stereocenters. The minimum atomic E-state index is -0.685. The van der Waals surface area contributed by atoms with Gasteiger partial charge in [-0.3, -0.25) is 10.1 Å². The summed E-state index contributed by atoms with van der Waals surface area (Å²) in [5.74, 6) is -0.186. The second kappa shape index (κ2) is 9.49. The van der Waals surface area contributed by atoms with Crippen molar-refractivity contribution in [3.63, 3.8) is 0 Å². The van der Waals surface area contributed by atoms with Crippen molar-refractivity contribution in [3.8, 4) is 22.9 Å². The molecule has 33 heavy (non-hydrogen) atoms. The van der Waals surface area contributed by atoms with Crippen LogP contribution < -0.4 is 4.74 Å². The SMILES string of the molecule is CCOC(=O)c1nn(-c2ccc([N+](=O)[O-])cc2)cc1OCc1nnc(-c2ccccc2Cl)o1. The molecule has 0 saturated heterocycles. The van der Waals surface area contributed by atoms with Crippen molar-refractivity contribution in [1.82, 2.24) is 20.0 Å². The number of hydrogen-bond acceptors (Lipinski definition) is 9. The second-order valence-electron chi connectivity index (χ2n) is 6.55. The highest BCUT2D eigenvalue weighted by atomic mass is 35.5. The van der Waals surface area contributed by atoms with E-state index in [-0.39, 0.29) is 42.1 Å². The lowest BCUT2D eigenvalue weighted by atomic mass is 10.2. The fraction of sp³-hybridized carbons (Fsp3) is 0.143. The van der Waals surface area contributed by atoms with Gasteiger partial charge in [0.1, 0.15) is 0 Å². The molecular weight excluding hydrogens is 454 g/mol. The van der Waals surface area contributed by atoms with Gasteiger partial charge in [0, 0.05) is 12.1 Å². The lowest BCUT2D eigenvalue weighted by Crippen LogP contribution is -2.08. The number of non-ortho nitro benzene ring substituents is 1. The molecule has 4 rings (SSSR count). The van der Waals surface area contributed by atoms with Crippen molar-refractivity contribution in [3.05, 3.63) is 81.4 Å². The Morgan fingerprint density at radius 3 is 2.64 bits per heavy atom. The first-order chi connectivity index (χ1) is 16.0. The van der Waals surface area contributed by atoms with E-state index in [2.05, 4.69) is 15.3 Å². The number of carbonyl (C=O) groups is 1. The highest BCUT2D eigenvalue weighted by Crippen LogP contribution is 2.27. The third kappa shape index (κ3) is 4.83. The molecule has 168 valence electrons. The van der Waals surface area contributed by atoms with Crippen molar-refractivity contribution >= 4 is 23.3 Å². The van der Waals surface area contributed by atoms with Gasteiger partial charge >= 0.3 is 5.97 Å². The molecule has 12 heteroatoms. The van der Waals surface area contributed by atoms with Gasteiger partial charge < -0.3 is 13.9 Å². The van der Waals surface area contributed by atoms with Gasteiger partial charge in [-0.1, -0.05) is 23.7 Å². The monoisotopic (exact) mass is 469 g/mol. The highest BCUT2D eigenvalue weighted by Gasteiger charge is 2.22. The Kier molecular flexibility index (Phi) is 6.31. The van der Waals surface area contributed by atoms with Crippen LogP contribution in [-0.2, 0) is 11.3 Å². The van der Waals surface area contributed by atoms with Crippen LogP contribution >= 0.6 is 11.6 Å². The third-order valence-electron chi connectivity index (χ3n) is 4.40. The smallest absolute Gasteiger partial charge is 0.362 e. The number of nitro benzene ring substituents is 1. The number of hydrogen-bond donors (Lipinski definition) is 0. The fourth-order valence-corrected chi connectivity index (χ4v) is 3.08. The molecule has 0 saturated carbocycles. The first-order valence-corrected chi connectivity index (χ1v) is 10.1. The Morgan fingerprint density at radius 2 is 1.94 bits per heavy atom. The fourth-order valence-electron chi connectivity index (χ4n) is 2.86. The summed E-state index contributed by atoms with van der Waals surface area (Å²) in [7, 11) is 0. The molecule has 0 N–H and O–H groups in total. The van der Waals surface area contributed by atoms with Crippen molar-refractivity contribution in [2.45, 2.75) is 13.5 Å². The summed E-state index contributed by atoms with van der Waals surface area (Å²) in [6.07, 6.45) is 1.46. The van der Waals surface area contributed by atoms with Crippen molar-refractivity contribution in [1.29, 1.82) is 0 Å². The van der Waals surface area contributed by atoms with Gasteiger partial charge in [0.15, 0.2) is 12.4 Å². The van der Waals surface area contributed by atoms with Crippen LogP contribution in [0, 0.1) is 10.1 Å². The molecule has 0 radical (unpaired) electrons. The van der Waals surface area contributed by atoms with E-state index in [0.29, 0.717) is 16.3 Å². The number of carbonyl (C=O) groups excluding carboxylic acids is 1. The molecule has 0 aliphatic heterocycles. The summed E-state index contributed by atoms with van der Waals surface area (Å²) in [5.41, 5.74) is 0.927. The van der Waals surface area contributed by atoms with E-state index in [0.717, 1.165) is 0 Å². The van der Waals surface area contributed by atoms with Crippen molar-refractivity contribution in [2.24, 2.45) is 0 Å². The molecule has 0 aliphatic carbocycles. The van der Waals surface area contributed by atoms with Gasteiger partial charge in [-0.25, -0.2) is 9.48 Å². The Hall–Kier alpha value is -4.25. The van der Waals surface area contributed by atoms with Gasteiger partial charge in [-0.05, 0) is 31.2 Å². The van der Waals surface area contributed by atoms with Crippen LogP contribution in [0.4, 0.5) is 5.69 Å². The first-order valence-electron chi connectivity index (χ1n) is 9.68. The predicted octanol–water partition coefficient (Wildman–Crippen LogP) is 4.24. The highest BCUT2D eigenvalue weighted by molar-refractivity contribution is 6.33. The minimum absolute atomic E-state index is 0.0685. The van der Waals surface area contributed by atoms with Gasteiger partial charge in [0.25, 0.3) is 11.6 Å². The summed E-state index contributed by atoms with van der Waals surface area (Å²) in [5, 5.41) is 23.5. The largest absolute Gasteiger partial charge is 0.480 e. The van der Waals surface area contributed by atoms with Gasteiger partial charge in [-0.15, -0.1) is 10.2 Å². The van der Waals surface area contributed by atoms with Gasteiger partial charge in [0.05, 0.1) is 34.0 Å². The van der Waals surface area contributed by atoms with Crippen LogP contribution in [0.25, 0.3) is 17.1 Å². The molecule has 0 fully saturated rings. The van der Waals surface area contributed by atoms with E-state index >= 15 is 0 Å². The molecular formula is C21H16ClN5O6. The topological polar surface area (TPSA) is 135 Å². The summed E-state index contributed by atoms with van der Waals surface area (Å²) < 4.78 is 17.7. The molecule has 11 nitrogen and oxygen atoms in total. The van der Waals surface area contributed by atoms with E-state index in [9.17, 15) is 14.9 Å². The van der Waals surface area contributed by atoms with E-state index in [1.807, 2.05) is 0 Å².